The lowest BCUT2D eigenvalue weighted by Crippen LogP contribution is -2.33. The molecule has 2 rings (SSSR count). The molecule has 1 aromatic carbocycles. The van der Waals surface area contributed by atoms with Crippen LogP contribution in [0.3, 0.4) is 0 Å². The predicted octanol–water partition coefficient (Wildman–Crippen LogP) is 4.36. The van der Waals surface area contributed by atoms with Crippen molar-refractivity contribution in [1.29, 1.82) is 0 Å². The molecule has 0 radical (unpaired) electrons. The van der Waals surface area contributed by atoms with Crippen LogP contribution < -0.4 is 5.73 Å². The maximum atomic E-state index is 13.2. The van der Waals surface area contributed by atoms with Gasteiger partial charge in [-0.25, -0.2) is 4.39 Å². The van der Waals surface area contributed by atoms with Gasteiger partial charge in [-0.2, -0.15) is 0 Å². The van der Waals surface area contributed by atoms with Crippen LogP contribution in [0.2, 0.25) is 0 Å². The largest absolute Gasteiger partial charge is 0.322 e. The minimum Gasteiger partial charge on any atom is -0.322 e. The van der Waals surface area contributed by atoms with Crippen molar-refractivity contribution >= 4 is 0 Å². The van der Waals surface area contributed by atoms with Crippen LogP contribution in [-0.2, 0) is 5.54 Å². The first kappa shape index (κ1) is 13.5. The van der Waals surface area contributed by atoms with Crippen LogP contribution in [0.1, 0.15) is 57.4 Å². The fraction of sp³-hybridized carbons (Fsp3) is 0.625. The Hall–Kier alpha value is -0.890. The summed E-state index contributed by atoms with van der Waals surface area (Å²) in [5.74, 6) is 0.636. The molecule has 0 heterocycles. The molecule has 2 N–H and O–H groups in total. The molecule has 0 amide bonds. The first-order chi connectivity index (χ1) is 8.58. The fourth-order valence-electron chi connectivity index (χ4n) is 2.97. The highest BCUT2D eigenvalue weighted by Gasteiger charge is 2.24. The number of hydrogen-bond acceptors (Lipinski definition) is 1. The van der Waals surface area contributed by atoms with Crippen molar-refractivity contribution in [3.63, 3.8) is 0 Å². The van der Waals surface area contributed by atoms with Gasteiger partial charge in [-0.1, -0.05) is 44.2 Å². The van der Waals surface area contributed by atoms with Crippen LogP contribution in [0, 0.1) is 11.7 Å². The van der Waals surface area contributed by atoms with Gasteiger partial charge in [-0.05, 0) is 43.4 Å². The summed E-state index contributed by atoms with van der Waals surface area (Å²) in [7, 11) is 0. The van der Waals surface area contributed by atoms with Crippen molar-refractivity contribution in [1.82, 2.24) is 0 Å². The van der Waals surface area contributed by atoms with Crippen LogP contribution >= 0.6 is 0 Å². The van der Waals surface area contributed by atoms with E-state index >= 15 is 0 Å². The van der Waals surface area contributed by atoms with Gasteiger partial charge < -0.3 is 5.73 Å². The molecule has 1 aromatic rings. The van der Waals surface area contributed by atoms with Gasteiger partial charge in [0.1, 0.15) is 5.82 Å². The third kappa shape index (κ3) is 3.55. The number of nitrogens with two attached hydrogens (primary N) is 1. The van der Waals surface area contributed by atoms with Gasteiger partial charge in [-0.15, -0.1) is 0 Å². The summed E-state index contributed by atoms with van der Waals surface area (Å²) in [5, 5.41) is 0. The van der Waals surface area contributed by atoms with Gasteiger partial charge in [-0.3, -0.25) is 0 Å². The molecule has 1 fully saturated rings. The minimum absolute atomic E-state index is 0.193. The number of halogens is 1. The second kappa shape index (κ2) is 5.83. The van der Waals surface area contributed by atoms with E-state index in [1.54, 1.807) is 12.1 Å². The second-order valence-corrected chi connectivity index (χ2v) is 5.97. The Morgan fingerprint density at radius 1 is 1.28 bits per heavy atom. The molecule has 100 valence electrons. The Morgan fingerprint density at radius 3 is 2.67 bits per heavy atom. The van der Waals surface area contributed by atoms with Crippen molar-refractivity contribution in [2.45, 2.75) is 57.4 Å². The fourth-order valence-corrected chi connectivity index (χ4v) is 2.97. The molecule has 0 bridgehead atoms. The van der Waals surface area contributed by atoms with Gasteiger partial charge in [0.2, 0.25) is 0 Å². The lowest BCUT2D eigenvalue weighted by atomic mass is 9.80. The Morgan fingerprint density at radius 2 is 2.00 bits per heavy atom. The van der Waals surface area contributed by atoms with Crippen molar-refractivity contribution in [3.8, 4) is 0 Å². The predicted molar refractivity (Wildman–Crippen MR) is 73.7 cm³/mol. The maximum absolute atomic E-state index is 13.2. The van der Waals surface area contributed by atoms with Crippen LogP contribution in [-0.4, -0.2) is 0 Å². The third-order valence-electron chi connectivity index (χ3n) is 4.28. The van der Waals surface area contributed by atoms with Crippen LogP contribution in [0.5, 0.6) is 0 Å². The average Bonchev–Trinajstić information content (AvgIpc) is 2.38. The molecule has 0 saturated heterocycles. The van der Waals surface area contributed by atoms with E-state index in [2.05, 4.69) is 0 Å². The normalized spacial score (nSPS) is 20.6. The van der Waals surface area contributed by atoms with Crippen LogP contribution in [0.15, 0.2) is 24.3 Å². The zero-order chi connectivity index (χ0) is 13.0. The Labute approximate surface area is 110 Å². The first-order valence-electron chi connectivity index (χ1n) is 7.13. The Balaban J connectivity index is 1.94. The zero-order valence-electron chi connectivity index (χ0n) is 11.3. The SMILES string of the molecule is CC(N)(CCC1CCCCC1)c1cccc(F)c1. The van der Waals surface area contributed by atoms with Crippen molar-refractivity contribution in [3.05, 3.63) is 35.6 Å². The summed E-state index contributed by atoms with van der Waals surface area (Å²) in [6.07, 6.45) is 8.93. The van der Waals surface area contributed by atoms with Gasteiger partial charge >= 0.3 is 0 Å². The van der Waals surface area contributed by atoms with E-state index in [0.717, 1.165) is 17.9 Å². The zero-order valence-corrected chi connectivity index (χ0v) is 11.3. The molecule has 1 aliphatic rings. The molecule has 1 atom stereocenters. The van der Waals surface area contributed by atoms with E-state index < -0.39 is 5.54 Å². The molecule has 0 spiro atoms. The van der Waals surface area contributed by atoms with Gasteiger partial charge in [0.25, 0.3) is 0 Å². The number of benzene rings is 1. The highest BCUT2D eigenvalue weighted by atomic mass is 19.1. The molecule has 1 unspecified atom stereocenters. The van der Waals surface area contributed by atoms with E-state index in [0.29, 0.717) is 0 Å². The standard InChI is InChI=1S/C16H24FN/c1-16(18,14-8-5-9-15(17)12-14)11-10-13-6-3-2-4-7-13/h5,8-9,12-13H,2-4,6-7,10-11,18H2,1H3. The average molecular weight is 249 g/mol. The monoisotopic (exact) mass is 249 g/mol. The Bertz CT molecular complexity index is 380. The summed E-state index contributed by atoms with van der Waals surface area (Å²) < 4.78 is 13.2. The highest BCUT2D eigenvalue weighted by Crippen LogP contribution is 2.32. The van der Waals surface area contributed by atoms with Crippen LogP contribution in [0.4, 0.5) is 4.39 Å². The van der Waals surface area contributed by atoms with Crippen molar-refractivity contribution < 1.29 is 4.39 Å². The Kier molecular flexibility index (Phi) is 4.39. The van der Waals surface area contributed by atoms with E-state index in [-0.39, 0.29) is 5.82 Å². The number of hydrogen-bond donors (Lipinski definition) is 1. The molecule has 1 saturated carbocycles. The van der Waals surface area contributed by atoms with Crippen LogP contribution in [0.25, 0.3) is 0 Å². The molecule has 18 heavy (non-hydrogen) atoms. The lowest BCUT2D eigenvalue weighted by molar-refractivity contribution is 0.297. The van der Waals surface area contributed by atoms with E-state index in [9.17, 15) is 4.39 Å². The van der Waals surface area contributed by atoms with Gasteiger partial charge in [0.15, 0.2) is 0 Å². The molecule has 0 aromatic heterocycles. The summed E-state index contributed by atoms with van der Waals surface area (Å²) in [6, 6.07) is 6.72. The summed E-state index contributed by atoms with van der Waals surface area (Å²) in [6.45, 7) is 2.02. The molecular formula is C16H24FN. The summed E-state index contributed by atoms with van der Waals surface area (Å²) in [4.78, 5) is 0. The maximum Gasteiger partial charge on any atom is 0.123 e. The van der Waals surface area contributed by atoms with Crippen molar-refractivity contribution in [2.24, 2.45) is 11.7 Å². The van der Waals surface area contributed by atoms with Gasteiger partial charge in [0.05, 0.1) is 0 Å². The molecule has 1 aliphatic carbocycles. The topological polar surface area (TPSA) is 26.0 Å². The van der Waals surface area contributed by atoms with Gasteiger partial charge in [0, 0.05) is 5.54 Å². The quantitative estimate of drug-likeness (QED) is 0.843. The van der Waals surface area contributed by atoms with E-state index in [4.69, 9.17) is 5.73 Å². The molecule has 0 aliphatic heterocycles. The second-order valence-electron chi connectivity index (χ2n) is 5.97. The number of rotatable bonds is 4. The smallest absolute Gasteiger partial charge is 0.123 e. The molecule has 1 nitrogen and oxygen atoms in total. The first-order valence-corrected chi connectivity index (χ1v) is 7.13. The summed E-state index contributed by atoms with van der Waals surface area (Å²) in [5.41, 5.74) is 6.87. The minimum atomic E-state index is -0.403. The molecular weight excluding hydrogens is 225 g/mol. The highest BCUT2D eigenvalue weighted by molar-refractivity contribution is 5.23. The van der Waals surface area contributed by atoms with Crippen molar-refractivity contribution in [2.75, 3.05) is 0 Å². The van der Waals surface area contributed by atoms with E-state index in [1.165, 1.54) is 44.6 Å². The van der Waals surface area contributed by atoms with E-state index in [1.807, 2.05) is 13.0 Å². The summed E-state index contributed by atoms with van der Waals surface area (Å²) >= 11 is 0. The molecule has 2 heteroatoms. The lowest BCUT2D eigenvalue weighted by Gasteiger charge is -2.29. The third-order valence-corrected chi connectivity index (χ3v) is 4.28.